The third-order valence-electron chi connectivity index (χ3n) is 3.75. The van der Waals surface area contributed by atoms with Crippen LogP contribution in [0, 0.1) is 5.82 Å². The van der Waals surface area contributed by atoms with Crippen LogP contribution < -0.4 is 15.0 Å². The van der Waals surface area contributed by atoms with Crippen molar-refractivity contribution in [1.29, 1.82) is 0 Å². The van der Waals surface area contributed by atoms with E-state index in [4.69, 9.17) is 17.1 Å². The molecule has 2 aromatic heterocycles. The van der Waals surface area contributed by atoms with Gasteiger partial charge in [0.15, 0.2) is 0 Å². The fourth-order valence-electron chi connectivity index (χ4n) is 2.33. The molecule has 1 aromatic carbocycles. The van der Waals surface area contributed by atoms with Gasteiger partial charge in [-0.25, -0.2) is 19.8 Å². The Morgan fingerprint density at radius 2 is 2.10 bits per heavy atom. The summed E-state index contributed by atoms with van der Waals surface area (Å²) >= 11 is 0. The fraction of sp³-hybridized carbons (Fsp3) is 0.200. The normalized spacial score (nSPS) is 12.0. The Bertz CT molecular complexity index is 1060. The van der Waals surface area contributed by atoms with Crippen molar-refractivity contribution in [2.45, 2.75) is 13.5 Å². The quantitative estimate of drug-likeness (QED) is 0.581. The number of rotatable bonds is 8. The number of nitrogens with zero attached hydrogens (tertiary/aromatic N) is 3. The minimum absolute atomic E-state index is 0.0196. The summed E-state index contributed by atoms with van der Waals surface area (Å²) in [7, 11) is 1.46. The predicted octanol–water partition coefficient (Wildman–Crippen LogP) is 2.95. The van der Waals surface area contributed by atoms with Crippen LogP contribution in [0.1, 0.15) is 25.7 Å². The van der Waals surface area contributed by atoms with E-state index in [9.17, 15) is 9.18 Å². The molecule has 1 N–H and O–H groups in total. The lowest BCUT2D eigenvalue weighted by Gasteiger charge is -2.08. The monoisotopic (exact) mass is 400 g/mol. The number of carbonyl (C=O) groups excluding carboxylic acids is 1. The Hall–Kier alpha value is -3.59. The average Bonchev–Trinajstić information content (AvgIpc) is 2.74. The summed E-state index contributed by atoms with van der Waals surface area (Å²) in [5.74, 6) is -0.584. The van der Waals surface area contributed by atoms with Crippen molar-refractivity contribution >= 4 is 5.91 Å². The lowest BCUT2D eigenvalue weighted by Crippen LogP contribution is -2.25. The molecule has 0 atom stereocenters. The van der Waals surface area contributed by atoms with Crippen LogP contribution in [0.4, 0.5) is 4.39 Å². The summed E-state index contributed by atoms with van der Waals surface area (Å²) < 4.78 is 38.7. The summed E-state index contributed by atoms with van der Waals surface area (Å²) in [4.78, 5) is 29.6. The van der Waals surface area contributed by atoms with Gasteiger partial charge in [-0.2, -0.15) is 0 Å². The number of methoxy groups -OCH3 is 1. The molecule has 29 heavy (non-hydrogen) atoms. The Morgan fingerprint density at radius 3 is 2.83 bits per heavy atom. The van der Waals surface area contributed by atoms with Crippen LogP contribution in [0.15, 0.2) is 48.9 Å². The maximum Gasteiger partial charge on any atom is 0.295 e. The maximum atomic E-state index is 13.8. The van der Waals surface area contributed by atoms with Crippen molar-refractivity contribution < 1.29 is 26.2 Å². The van der Waals surface area contributed by atoms with Crippen LogP contribution in [0.3, 0.4) is 0 Å². The van der Waals surface area contributed by atoms with E-state index in [1.807, 2.05) is 0 Å². The molecule has 0 unspecified atom stereocenters. The number of carbonyl (C=O) groups is 1. The minimum atomic E-state index is -1.86. The molecule has 0 bridgehead atoms. The summed E-state index contributed by atoms with van der Waals surface area (Å²) in [6.07, 6.45) is 4.12. The second kappa shape index (κ2) is 9.56. The van der Waals surface area contributed by atoms with Crippen molar-refractivity contribution in [2.24, 2.45) is 0 Å². The highest BCUT2D eigenvalue weighted by Crippen LogP contribution is 2.18. The molecule has 0 aliphatic carbocycles. The first-order valence-corrected chi connectivity index (χ1v) is 8.47. The molecule has 0 aliphatic rings. The molecule has 1 amide bonds. The average molecular weight is 400 g/mol. The Kier molecular flexibility index (Phi) is 5.77. The van der Waals surface area contributed by atoms with Gasteiger partial charge in [-0.3, -0.25) is 14.6 Å². The van der Waals surface area contributed by atoms with Crippen molar-refractivity contribution in [3.8, 4) is 22.9 Å². The van der Waals surface area contributed by atoms with Gasteiger partial charge < -0.3 is 9.47 Å². The SMILES string of the molecule is [2H]C([2H])(C)Oc1ccc(-c2cncc(C(=O)NOCc3cc(OC)ccc3F)n2)cn1. The largest absolute Gasteiger partial charge is 0.497 e. The van der Waals surface area contributed by atoms with E-state index in [1.165, 1.54) is 56.9 Å². The minimum Gasteiger partial charge on any atom is -0.497 e. The smallest absolute Gasteiger partial charge is 0.295 e. The number of ether oxygens (including phenoxy) is 2. The number of hydrogen-bond donors (Lipinski definition) is 1. The van der Waals surface area contributed by atoms with Crippen LogP contribution in [-0.4, -0.2) is 34.5 Å². The van der Waals surface area contributed by atoms with Crippen LogP contribution in [-0.2, 0) is 11.4 Å². The van der Waals surface area contributed by atoms with Crippen molar-refractivity contribution in [3.05, 3.63) is 66.0 Å². The molecule has 3 rings (SSSR count). The summed E-state index contributed by atoms with van der Waals surface area (Å²) in [6.45, 7) is -0.806. The second-order valence-electron chi connectivity index (χ2n) is 5.66. The van der Waals surface area contributed by atoms with E-state index in [0.717, 1.165) is 0 Å². The number of pyridine rings is 1. The van der Waals surface area contributed by atoms with Crippen molar-refractivity contribution in [3.63, 3.8) is 0 Å². The molecule has 2 heterocycles. The van der Waals surface area contributed by atoms with Crippen molar-refractivity contribution in [2.75, 3.05) is 13.7 Å². The van der Waals surface area contributed by atoms with E-state index in [1.54, 1.807) is 6.07 Å². The zero-order chi connectivity index (χ0) is 22.4. The molecular weight excluding hydrogens is 379 g/mol. The molecule has 3 aromatic rings. The zero-order valence-electron chi connectivity index (χ0n) is 17.7. The van der Waals surface area contributed by atoms with E-state index in [2.05, 4.69) is 20.4 Å². The maximum absolute atomic E-state index is 13.8. The van der Waals surface area contributed by atoms with Gasteiger partial charge in [0.25, 0.3) is 5.91 Å². The summed E-state index contributed by atoms with van der Waals surface area (Å²) in [6, 6.07) is 7.28. The molecule has 0 radical (unpaired) electrons. The second-order valence-corrected chi connectivity index (χ2v) is 5.66. The van der Waals surface area contributed by atoms with Gasteiger partial charge in [0.1, 0.15) is 23.9 Å². The molecule has 0 spiro atoms. The lowest BCUT2D eigenvalue weighted by atomic mass is 10.2. The van der Waals surface area contributed by atoms with Gasteiger partial charge in [0, 0.05) is 23.4 Å². The first kappa shape index (κ1) is 17.5. The van der Waals surface area contributed by atoms with Gasteiger partial charge in [-0.1, -0.05) is 0 Å². The number of halogens is 1. The topological polar surface area (TPSA) is 95.5 Å². The third kappa shape index (κ3) is 5.23. The first-order chi connectivity index (χ1) is 14.7. The highest BCUT2D eigenvalue weighted by Gasteiger charge is 2.12. The third-order valence-corrected chi connectivity index (χ3v) is 3.75. The molecule has 0 fully saturated rings. The van der Waals surface area contributed by atoms with E-state index in [-0.39, 0.29) is 23.7 Å². The fourth-order valence-corrected chi connectivity index (χ4v) is 2.33. The molecule has 150 valence electrons. The highest BCUT2D eigenvalue weighted by molar-refractivity contribution is 5.91. The summed E-state index contributed by atoms with van der Waals surface area (Å²) in [5.41, 5.74) is 3.30. The van der Waals surface area contributed by atoms with E-state index in [0.29, 0.717) is 17.0 Å². The van der Waals surface area contributed by atoms with Gasteiger partial charge in [0.2, 0.25) is 5.88 Å². The lowest BCUT2D eigenvalue weighted by molar-refractivity contribution is 0.0219. The van der Waals surface area contributed by atoms with E-state index < -0.39 is 18.3 Å². The molecule has 0 saturated carbocycles. The number of aromatic nitrogens is 3. The number of hydrogen-bond acceptors (Lipinski definition) is 7. The number of hydroxylamine groups is 1. The predicted molar refractivity (Wildman–Crippen MR) is 102 cm³/mol. The summed E-state index contributed by atoms with van der Waals surface area (Å²) in [5, 5.41) is 0. The van der Waals surface area contributed by atoms with Crippen LogP contribution in [0.2, 0.25) is 0 Å². The Balaban J connectivity index is 1.64. The number of benzene rings is 1. The van der Waals surface area contributed by atoms with E-state index >= 15 is 0 Å². The van der Waals surface area contributed by atoms with Gasteiger partial charge in [0.05, 0.1) is 34.5 Å². The zero-order valence-corrected chi connectivity index (χ0v) is 15.7. The van der Waals surface area contributed by atoms with Crippen LogP contribution in [0.25, 0.3) is 11.3 Å². The van der Waals surface area contributed by atoms with Gasteiger partial charge in [-0.15, -0.1) is 0 Å². The standard InChI is InChI=1S/C20H19FN4O4/c1-3-28-19-7-4-13(9-23-19)17-10-22-11-18(24-17)20(26)25-29-12-14-8-15(27-2)5-6-16(14)21/h4-11H,3,12H2,1-2H3,(H,25,26)/i3D2. The molecule has 8 nitrogen and oxygen atoms in total. The van der Waals surface area contributed by atoms with Gasteiger partial charge >= 0.3 is 0 Å². The molecular formula is C20H19FN4O4. The number of nitrogens with one attached hydrogen (secondary N) is 1. The van der Waals surface area contributed by atoms with Gasteiger partial charge in [-0.05, 0) is 31.2 Å². The molecule has 0 aliphatic heterocycles. The molecule has 9 heteroatoms. The Morgan fingerprint density at radius 1 is 1.24 bits per heavy atom. The van der Waals surface area contributed by atoms with Crippen LogP contribution >= 0.6 is 0 Å². The van der Waals surface area contributed by atoms with Crippen molar-refractivity contribution in [1.82, 2.24) is 20.4 Å². The van der Waals surface area contributed by atoms with Crippen LogP contribution in [0.5, 0.6) is 11.6 Å². The molecule has 0 saturated heterocycles. The highest BCUT2D eigenvalue weighted by atomic mass is 19.1. The first-order valence-electron chi connectivity index (χ1n) is 9.47. The Labute approximate surface area is 169 Å². The number of amides is 1.